The molecule has 1 aromatic heterocycles. The number of carbonyl (C=O) groups is 2. The van der Waals surface area contributed by atoms with Gasteiger partial charge in [-0.2, -0.15) is 0 Å². The van der Waals surface area contributed by atoms with Crippen LogP contribution in [0.4, 0.5) is 4.39 Å². The molecule has 0 N–H and O–H groups in total. The average molecular weight is 358 g/mol. The van der Waals surface area contributed by atoms with E-state index in [0.717, 1.165) is 18.9 Å². The van der Waals surface area contributed by atoms with Crippen molar-refractivity contribution in [3.63, 3.8) is 0 Å². The van der Waals surface area contributed by atoms with Gasteiger partial charge in [0.1, 0.15) is 11.5 Å². The summed E-state index contributed by atoms with van der Waals surface area (Å²) in [6.07, 6.45) is 0. The molecule has 110 valence electrons. The van der Waals surface area contributed by atoms with Crippen LogP contribution >= 0.6 is 15.9 Å². The maximum Gasteiger partial charge on any atom is 0.361 e. The van der Waals surface area contributed by atoms with Gasteiger partial charge in [0.2, 0.25) is 5.69 Å². The number of rotatable bonds is 3. The van der Waals surface area contributed by atoms with Crippen molar-refractivity contribution in [2.45, 2.75) is 0 Å². The molecule has 0 bridgehead atoms. The van der Waals surface area contributed by atoms with E-state index in [1.165, 1.54) is 12.1 Å². The fraction of sp³-hybridized carbons (Fsp3) is 0.167. The maximum absolute atomic E-state index is 14.0. The van der Waals surface area contributed by atoms with E-state index in [1.807, 2.05) is 0 Å². The van der Waals surface area contributed by atoms with Gasteiger partial charge in [0, 0.05) is 4.47 Å². The molecule has 0 unspecified atom stereocenters. The summed E-state index contributed by atoms with van der Waals surface area (Å²) in [5, 5.41) is 7.18. The third-order valence-corrected chi connectivity index (χ3v) is 3.06. The Morgan fingerprint density at radius 3 is 2.48 bits per heavy atom. The number of halogens is 2. The minimum Gasteiger partial charge on any atom is -0.464 e. The summed E-state index contributed by atoms with van der Waals surface area (Å²) in [4.78, 5) is 23.4. The van der Waals surface area contributed by atoms with Crippen molar-refractivity contribution in [3.8, 4) is 5.69 Å². The van der Waals surface area contributed by atoms with Crippen LogP contribution in [0.5, 0.6) is 0 Å². The largest absolute Gasteiger partial charge is 0.464 e. The molecule has 1 heterocycles. The summed E-state index contributed by atoms with van der Waals surface area (Å²) in [5.74, 6) is -2.42. The standard InChI is InChI=1S/C12H9BrFN3O4/c1-20-11(18)9-10(12(19)21-2)17(16-15-9)8-4-3-6(13)5-7(8)14/h3-5H,1-2H3. The summed E-state index contributed by atoms with van der Waals surface area (Å²) >= 11 is 3.12. The number of hydrogen-bond acceptors (Lipinski definition) is 6. The number of benzene rings is 1. The quantitative estimate of drug-likeness (QED) is 0.778. The van der Waals surface area contributed by atoms with Gasteiger partial charge >= 0.3 is 11.9 Å². The molecule has 0 saturated carbocycles. The Labute approximate surface area is 126 Å². The molecular formula is C12H9BrFN3O4. The first-order chi connectivity index (χ1) is 9.99. The molecule has 0 atom stereocenters. The zero-order chi connectivity index (χ0) is 15.6. The summed E-state index contributed by atoms with van der Waals surface area (Å²) in [6, 6.07) is 4.12. The summed E-state index contributed by atoms with van der Waals surface area (Å²) in [5.41, 5.74) is -0.724. The molecule has 0 aliphatic carbocycles. The third-order valence-electron chi connectivity index (χ3n) is 2.57. The number of ether oxygens (including phenoxy) is 2. The Bertz CT molecular complexity index is 717. The predicted octanol–water partition coefficient (Wildman–Crippen LogP) is 1.74. The van der Waals surface area contributed by atoms with Crippen LogP contribution in [0.2, 0.25) is 0 Å². The zero-order valence-corrected chi connectivity index (χ0v) is 12.5. The number of methoxy groups -OCH3 is 2. The molecule has 0 aliphatic rings. The van der Waals surface area contributed by atoms with Gasteiger partial charge in [0.15, 0.2) is 5.69 Å². The van der Waals surface area contributed by atoms with Crippen LogP contribution in [0.15, 0.2) is 22.7 Å². The first-order valence-corrected chi connectivity index (χ1v) is 6.36. The lowest BCUT2D eigenvalue weighted by Gasteiger charge is -2.07. The SMILES string of the molecule is COC(=O)c1nnn(-c2ccc(Br)cc2F)c1C(=O)OC. The zero-order valence-electron chi connectivity index (χ0n) is 11.0. The van der Waals surface area contributed by atoms with E-state index in [4.69, 9.17) is 0 Å². The van der Waals surface area contributed by atoms with Crippen molar-refractivity contribution in [2.24, 2.45) is 0 Å². The minimum atomic E-state index is -0.886. The Morgan fingerprint density at radius 1 is 1.24 bits per heavy atom. The van der Waals surface area contributed by atoms with Crippen LogP contribution in [-0.4, -0.2) is 41.2 Å². The highest BCUT2D eigenvalue weighted by atomic mass is 79.9. The molecule has 9 heteroatoms. The van der Waals surface area contributed by atoms with Crippen LogP contribution in [0.3, 0.4) is 0 Å². The van der Waals surface area contributed by atoms with Crippen molar-refractivity contribution in [1.29, 1.82) is 0 Å². The van der Waals surface area contributed by atoms with E-state index in [9.17, 15) is 14.0 Å². The molecule has 2 aromatic rings. The van der Waals surface area contributed by atoms with E-state index >= 15 is 0 Å². The second-order valence-corrected chi connectivity index (χ2v) is 4.69. The van der Waals surface area contributed by atoms with Gasteiger partial charge in [0.25, 0.3) is 0 Å². The number of aromatic nitrogens is 3. The van der Waals surface area contributed by atoms with Crippen LogP contribution in [0, 0.1) is 5.82 Å². The fourth-order valence-corrected chi connectivity index (χ4v) is 1.95. The lowest BCUT2D eigenvalue weighted by Crippen LogP contribution is -2.16. The van der Waals surface area contributed by atoms with Crippen molar-refractivity contribution in [1.82, 2.24) is 15.0 Å². The van der Waals surface area contributed by atoms with Crippen LogP contribution < -0.4 is 0 Å². The lowest BCUT2D eigenvalue weighted by molar-refractivity contribution is 0.0545. The van der Waals surface area contributed by atoms with Gasteiger partial charge in [0.05, 0.1) is 14.2 Å². The molecule has 0 amide bonds. The number of esters is 2. The second-order valence-electron chi connectivity index (χ2n) is 3.78. The smallest absolute Gasteiger partial charge is 0.361 e. The lowest BCUT2D eigenvalue weighted by atomic mass is 10.2. The Balaban J connectivity index is 2.66. The van der Waals surface area contributed by atoms with Gasteiger partial charge in [-0.25, -0.2) is 18.7 Å². The van der Waals surface area contributed by atoms with Crippen molar-refractivity contribution < 1.29 is 23.5 Å². The second kappa shape index (κ2) is 6.00. The minimum absolute atomic E-state index is 0.0544. The van der Waals surface area contributed by atoms with Crippen LogP contribution in [0.1, 0.15) is 21.0 Å². The Kier molecular flexibility index (Phi) is 4.32. The normalized spacial score (nSPS) is 10.3. The molecule has 0 fully saturated rings. The number of carbonyl (C=O) groups excluding carboxylic acids is 2. The average Bonchev–Trinajstić information content (AvgIpc) is 2.90. The third kappa shape index (κ3) is 2.77. The molecular weight excluding hydrogens is 349 g/mol. The van der Waals surface area contributed by atoms with E-state index in [0.29, 0.717) is 4.47 Å². The molecule has 21 heavy (non-hydrogen) atoms. The van der Waals surface area contributed by atoms with Gasteiger partial charge in [-0.1, -0.05) is 21.1 Å². The molecule has 1 aromatic carbocycles. The van der Waals surface area contributed by atoms with Gasteiger partial charge in [-0.15, -0.1) is 5.10 Å². The van der Waals surface area contributed by atoms with Gasteiger partial charge in [-0.3, -0.25) is 0 Å². The molecule has 0 radical (unpaired) electrons. The monoisotopic (exact) mass is 357 g/mol. The van der Waals surface area contributed by atoms with Crippen LogP contribution in [-0.2, 0) is 9.47 Å². The highest BCUT2D eigenvalue weighted by molar-refractivity contribution is 9.10. The van der Waals surface area contributed by atoms with Gasteiger partial charge < -0.3 is 9.47 Å². The maximum atomic E-state index is 14.0. The molecule has 0 aliphatic heterocycles. The van der Waals surface area contributed by atoms with Crippen molar-refractivity contribution >= 4 is 27.9 Å². The highest BCUT2D eigenvalue weighted by Gasteiger charge is 2.28. The molecule has 2 rings (SSSR count). The Morgan fingerprint density at radius 2 is 1.90 bits per heavy atom. The predicted molar refractivity (Wildman–Crippen MR) is 71.7 cm³/mol. The molecule has 0 spiro atoms. The van der Waals surface area contributed by atoms with E-state index < -0.39 is 17.8 Å². The Hall–Kier alpha value is -2.29. The molecule has 0 saturated heterocycles. The van der Waals surface area contributed by atoms with E-state index in [-0.39, 0.29) is 17.1 Å². The first kappa shape index (κ1) is 15.1. The van der Waals surface area contributed by atoms with Crippen LogP contribution in [0.25, 0.3) is 5.69 Å². The highest BCUT2D eigenvalue weighted by Crippen LogP contribution is 2.21. The summed E-state index contributed by atoms with van der Waals surface area (Å²) in [7, 11) is 2.25. The topological polar surface area (TPSA) is 83.3 Å². The van der Waals surface area contributed by atoms with Gasteiger partial charge in [-0.05, 0) is 18.2 Å². The first-order valence-electron chi connectivity index (χ1n) is 5.57. The van der Waals surface area contributed by atoms with E-state index in [2.05, 4.69) is 35.7 Å². The van der Waals surface area contributed by atoms with Crippen molar-refractivity contribution in [2.75, 3.05) is 14.2 Å². The van der Waals surface area contributed by atoms with E-state index in [1.54, 1.807) is 6.07 Å². The van der Waals surface area contributed by atoms with Crippen molar-refractivity contribution in [3.05, 3.63) is 39.9 Å². The summed E-state index contributed by atoms with van der Waals surface area (Å²) in [6.45, 7) is 0. The summed E-state index contributed by atoms with van der Waals surface area (Å²) < 4.78 is 24.5. The fourth-order valence-electron chi connectivity index (χ4n) is 1.62. The molecule has 7 nitrogen and oxygen atoms in total. The number of hydrogen-bond donors (Lipinski definition) is 0. The number of nitrogens with zero attached hydrogens (tertiary/aromatic N) is 3.